The van der Waals surface area contributed by atoms with Crippen LogP contribution >= 0.6 is 11.6 Å². The Morgan fingerprint density at radius 3 is 2.75 bits per heavy atom. The molecule has 2 aliphatic rings. The highest BCUT2D eigenvalue weighted by molar-refractivity contribution is 6.30. The van der Waals surface area contributed by atoms with Gasteiger partial charge in [-0.05, 0) is 74.8 Å². The summed E-state index contributed by atoms with van der Waals surface area (Å²) in [7, 11) is 0. The van der Waals surface area contributed by atoms with Gasteiger partial charge in [0.05, 0.1) is 39.2 Å². The van der Waals surface area contributed by atoms with Crippen LogP contribution in [0, 0.1) is 24.8 Å². The van der Waals surface area contributed by atoms with Crippen LogP contribution in [-0.4, -0.2) is 42.0 Å². The largest absolute Gasteiger partial charge is 0.349 e. The van der Waals surface area contributed by atoms with Gasteiger partial charge in [-0.15, -0.1) is 0 Å². The van der Waals surface area contributed by atoms with Crippen molar-refractivity contribution in [1.29, 1.82) is 0 Å². The summed E-state index contributed by atoms with van der Waals surface area (Å²) in [4.78, 5) is 35.2. The highest BCUT2D eigenvalue weighted by Crippen LogP contribution is 2.28. The predicted octanol–water partition coefficient (Wildman–Crippen LogP) is 4.43. The fourth-order valence-corrected chi connectivity index (χ4v) is 5.71. The van der Waals surface area contributed by atoms with Gasteiger partial charge < -0.3 is 5.32 Å². The van der Waals surface area contributed by atoms with Gasteiger partial charge in [-0.1, -0.05) is 23.7 Å². The maximum absolute atomic E-state index is 13.8. The number of halogens is 1. The number of amides is 1. The third-order valence-electron chi connectivity index (χ3n) is 7.69. The van der Waals surface area contributed by atoms with Crippen molar-refractivity contribution >= 4 is 34.3 Å². The molecule has 1 fully saturated rings. The van der Waals surface area contributed by atoms with E-state index in [1.165, 1.54) is 0 Å². The molecule has 1 aliphatic carbocycles. The molecular weight excluding hydrogens is 526 g/mol. The maximum atomic E-state index is 13.8. The Kier molecular flexibility index (Phi) is 7.10. The van der Waals surface area contributed by atoms with Gasteiger partial charge >= 0.3 is 5.69 Å². The summed E-state index contributed by atoms with van der Waals surface area (Å²) in [6, 6.07) is 12.0. The average Bonchev–Trinajstić information content (AvgIpc) is 3.51. The molecule has 3 aromatic heterocycles. The molecule has 6 rings (SSSR count). The summed E-state index contributed by atoms with van der Waals surface area (Å²) >= 11 is 6.05. The monoisotopic (exact) mass is 553 g/mol. The molecule has 1 aromatic carbocycles. The van der Waals surface area contributed by atoms with Crippen LogP contribution in [0.3, 0.4) is 0 Å². The average molecular weight is 554 g/mol. The first-order valence-corrected chi connectivity index (χ1v) is 13.7. The van der Waals surface area contributed by atoms with Crippen LogP contribution in [0.15, 0.2) is 70.9 Å². The number of rotatable bonds is 6. The molecule has 0 bridgehead atoms. The smallest absolute Gasteiger partial charge is 0.330 e. The van der Waals surface area contributed by atoms with Crippen LogP contribution in [0.25, 0.3) is 11.0 Å². The number of para-hydroxylation sites is 2. The fraction of sp³-hybridized carbons (Fsp3) is 0.300. The van der Waals surface area contributed by atoms with E-state index in [0.29, 0.717) is 34.5 Å². The zero-order valence-corrected chi connectivity index (χ0v) is 22.7. The van der Waals surface area contributed by atoms with E-state index in [2.05, 4.69) is 37.5 Å². The molecule has 1 atom stereocenters. The minimum absolute atomic E-state index is 0.0796. The number of hydrogen-bond acceptors (Lipinski definition) is 5. The van der Waals surface area contributed by atoms with Crippen molar-refractivity contribution in [1.82, 2.24) is 29.6 Å². The summed E-state index contributed by atoms with van der Waals surface area (Å²) < 4.78 is 3.62. The highest BCUT2D eigenvalue weighted by Gasteiger charge is 2.26. The Labute approximate surface area is 236 Å². The summed E-state index contributed by atoms with van der Waals surface area (Å²) in [5, 5.41) is 10.4. The summed E-state index contributed by atoms with van der Waals surface area (Å²) in [5.74, 6) is 3.31. The first-order chi connectivity index (χ1) is 19.5. The summed E-state index contributed by atoms with van der Waals surface area (Å²) in [6.07, 6.45) is 12.3. The zero-order chi connectivity index (χ0) is 27.6. The van der Waals surface area contributed by atoms with E-state index < -0.39 is 6.04 Å². The molecule has 0 saturated heterocycles. The molecule has 0 spiro atoms. The number of aromatic amines is 1. The molecular formula is C30H28ClN7O2. The number of hydrogen-bond donors (Lipinski definition) is 2. The number of nitrogens with one attached hydrogen (secondary N) is 2. The van der Waals surface area contributed by atoms with E-state index in [0.717, 1.165) is 42.3 Å². The second-order valence-electron chi connectivity index (χ2n) is 10.3. The molecule has 10 heteroatoms. The van der Waals surface area contributed by atoms with Crippen LogP contribution in [0.1, 0.15) is 53.3 Å². The van der Waals surface area contributed by atoms with Gasteiger partial charge in [0.25, 0.3) is 5.91 Å². The number of aliphatic imine (C=N–C) groups is 1. The number of fused-ring (bicyclic) bond motifs is 1. The van der Waals surface area contributed by atoms with E-state index >= 15 is 0 Å². The molecule has 0 radical (unpaired) electrons. The number of pyridine rings is 1. The number of allylic oxidation sites excluding steroid dienone is 2. The number of carbonyl (C=O) groups is 1. The number of imidazole rings is 1. The second-order valence-corrected chi connectivity index (χ2v) is 10.7. The molecule has 9 nitrogen and oxygen atoms in total. The van der Waals surface area contributed by atoms with Crippen LogP contribution < -0.4 is 11.0 Å². The van der Waals surface area contributed by atoms with E-state index in [4.69, 9.17) is 11.6 Å². The van der Waals surface area contributed by atoms with Crippen molar-refractivity contribution in [2.45, 2.75) is 51.2 Å². The molecule has 40 heavy (non-hydrogen) atoms. The van der Waals surface area contributed by atoms with Crippen LogP contribution in [-0.2, 0) is 6.54 Å². The standard InChI is InChI=1S/C30H28ClN7O2/c1-19-25(14-22(31)17-33-19)29(39)36-23-8-6-20(7-9-23)18-37-27-4-2-3-5-28(27)38(30(37)40)24-10-11-26(32-13-12-24)21-15-34-35-16-21/h2-5,10-11,14-17,20,23-24H,6-9,18H2,1H3,(H,34,35)(H,36,39)/t20-,23-,24?. The topological polar surface area (TPSA) is 110 Å². The van der Waals surface area contributed by atoms with Gasteiger partial charge in [-0.25, -0.2) is 4.79 Å². The SMILES string of the molecule is Cc1ncc(Cl)cc1C(=O)N[C@H]1CC[C@H](Cn2c(=O)n(C3C#CN=C(c4cn[nH]c4)C=C3)c3ccccc32)CC1. The van der Waals surface area contributed by atoms with Gasteiger partial charge in [0.15, 0.2) is 0 Å². The van der Waals surface area contributed by atoms with Crippen molar-refractivity contribution in [2.24, 2.45) is 10.9 Å². The van der Waals surface area contributed by atoms with Gasteiger partial charge in [0, 0.05) is 36.6 Å². The van der Waals surface area contributed by atoms with Crippen LogP contribution in [0.4, 0.5) is 0 Å². The van der Waals surface area contributed by atoms with Crippen molar-refractivity contribution in [3.63, 3.8) is 0 Å². The Hall–Kier alpha value is -4.42. The quantitative estimate of drug-likeness (QED) is 0.344. The highest BCUT2D eigenvalue weighted by atomic mass is 35.5. The first kappa shape index (κ1) is 25.8. The molecule has 1 saturated carbocycles. The van der Waals surface area contributed by atoms with Gasteiger partial charge in [-0.3, -0.25) is 24.0 Å². The number of carbonyl (C=O) groups excluding carboxylic acids is 1. The Balaban J connectivity index is 1.17. The minimum Gasteiger partial charge on any atom is -0.349 e. The van der Waals surface area contributed by atoms with Crippen molar-refractivity contribution < 1.29 is 4.79 Å². The first-order valence-electron chi connectivity index (χ1n) is 13.4. The van der Waals surface area contributed by atoms with E-state index in [1.807, 2.05) is 41.0 Å². The van der Waals surface area contributed by atoms with Gasteiger partial charge in [-0.2, -0.15) is 10.1 Å². The Bertz CT molecular complexity index is 1750. The predicted molar refractivity (Wildman–Crippen MR) is 154 cm³/mol. The third-order valence-corrected chi connectivity index (χ3v) is 7.89. The lowest BCUT2D eigenvalue weighted by atomic mass is 9.85. The number of nitrogens with zero attached hydrogens (tertiary/aromatic N) is 5. The zero-order valence-electron chi connectivity index (χ0n) is 22.0. The van der Waals surface area contributed by atoms with Crippen LogP contribution in [0.5, 0.6) is 0 Å². The molecule has 4 aromatic rings. The molecule has 202 valence electrons. The maximum Gasteiger partial charge on any atom is 0.330 e. The van der Waals surface area contributed by atoms with Crippen molar-refractivity contribution in [3.8, 4) is 12.0 Å². The lowest BCUT2D eigenvalue weighted by Gasteiger charge is -2.29. The normalized spacial score (nSPS) is 20.4. The molecule has 1 aliphatic heterocycles. The molecule has 1 amide bonds. The lowest BCUT2D eigenvalue weighted by Crippen LogP contribution is -2.39. The number of aryl methyl sites for hydroxylation is 1. The lowest BCUT2D eigenvalue weighted by molar-refractivity contribution is 0.0919. The fourth-order valence-electron chi connectivity index (χ4n) is 5.55. The second kappa shape index (κ2) is 11.0. The molecule has 4 heterocycles. The minimum atomic E-state index is -0.442. The van der Waals surface area contributed by atoms with Crippen molar-refractivity contribution in [2.75, 3.05) is 0 Å². The summed E-state index contributed by atoms with van der Waals surface area (Å²) in [6.45, 7) is 2.42. The van der Waals surface area contributed by atoms with Gasteiger partial charge in [0.1, 0.15) is 6.04 Å². The molecule has 1 unspecified atom stereocenters. The number of aromatic nitrogens is 5. The Morgan fingerprint density at radius 2 is 1.98 bits per heavy atom. The van der Waals surface area contributed by atoms with Crippen molar-refractivity contribution in [3.05, 3.63) is 93.4 Å². The van der Waals surface area contributed by atoms with E-state index in [-0.39, 0.29) is 17.6 Å². The third kappa shape index (κ3) is 5.10. The van der Waals surface area contributed by atoms with E-state index in [1.54, 1.807) is 36.1 Å². The van der Waals surface area contributed by atoms with E-state index in [9.17, 15) is 9.59 Å². The molecule has 2 N–H and O–H groups in total. The number of H-pyrrole nitrogens is 1. The van der Waals surface area contributed by atoms with Gasteiger partial charge in [0.2, 0.25) is 0 Å². The number of benzene rings is 1. The van der Waals surface area contributed by atoms with Crippen LogP contribution in [0.2, 0.25) is 5.02 Å². The Morgan fingerprint density at radius 1 is 1.18 bits per heavy atom. The summed E-state index contributed by atoms with van der Waals surface area (Å²) in [5.41, 5.74) is 4.35.